The number of carboxylic acid groups (broad SMARTS) is 1. The Balaban J connectivity index is 2.38. The maximum absolute atomic E-state index is 11.5. The molecule has 1 aliphatic heterocycles. The Kier molecular flexibility index (Phi) is 3.37. The van der Waals surface area contributed by atoms with Gasteiger partial charge in [-0.2, -0.15) is 0 Å². The quantitative estimate of drug-likeness (QED) is 0.763. The molecule has 1 aromatic carbocycles. The Morgan fingerprint density at radius 3 is 2.84 bits per heavy atom. The fourth-order valence-electron chi connectivity index (χ4n) is 1.84. The molecule has 7 nitrogen and oxygen atoms in total. The van der Waals surface area contributed by atoms with Gasteiger partial charge in [0.25, 0.3) is 0 Å². The number of nitrogens with one attached hydrogen (secondary N) is 1. The van der Waals surface area contributed by atoms with E-state index in [-0.39, 0.29) is 24.6 Å². The van der Waals surface area contributed by atoms with Crippen molar-refractivity contribution >= 4 is 29.2 Å². The number of benzene rings is 1. The molecule has 0 unspecified atom stereocenters. The van der Waals surface area contributed by atoms with Crippen LogP contribution in [0.1, 0.15) is 10.4 Å². The first-order chi connectivity index (χ1) is 9.01. The second kappa shape index (κ2) is 4.97. The van der Waals surface area contributed by atoms with Gasteiger partial charge >= 0.3 is 11.9 Å². The number of amides is 1. The normalized spacial score (nSPS) is 13.5. The SMILES string of the molecule is COC(=O)CN1CC(=O)Nc2ccc(C(=O)O)cc21. The van der Waals surface area contributed by atoms with Crippen molar-refractivity contribution in [2.24, 2.45) is 0 Å². The molecule has 0 spiro atoms. The van der Waals surface area contributed by atoms with Crippen LogP contribution in [0, 0.1) is 0 Å². The second-order valence-corrected chi connectivity index (χ2v) is 4.02. The van der Waals surface area contributed by atoms with E-state index < -0.39 is 11.9 Å². The molecule has 1 aromatic rings. The zero-order valence-corrected chi connectivity index (χ0v) is 10.2. The van der Waals surface area contributed by atoms with Crippen LogP contribution in [-0.2, 0) is 14.3 Å². The molecule has 0 aromatic heterocycles. The summed E-state index contributed by atoms with van der Waals surface area (Å²) in [7, 11) is 1.25. The molecule has 100 valence electrons. The fourth-order valence-corrected chi connectivity index (χ4v) is 1.84. The molecule has 2 rings (SSSR count). The van der Waals surface area contributed by atoms with Gasteiger partial charge in [-0.25, -0.2) is 4.79 Å². The summed E-state index contributed by atoms with van der Waals surface area (Å²) >= 11 is 0. The van der Waals surface area contributed by atoms with Crippen molar-refractivity contribution in [3.05, 3.63) is 23.8 Å². The molecule has 1 amide bonds. The van der Waals surface area contributed by atoms with E-state index in [1.54, 1.807) is 0 Å². The van der Waals surface area contributed by atoms with Crippen LogP contribution in [0.15, 0.2) is 18.2 Å². The Morgan fingerprint density at radius 1 is 1.47 bits per heavy atom. The lowest BCUT2D eigenvalue weighted by Crippen LogP contribution is -2.41. The van der Waals surface area contributed by atoms with Gasteiger partial charge in [0.05, 0.1) is 30.6 Å². The van der Waals surface area contributed by atoms with Crippen LogP contribution >= 0.6 is 0 Å². The van der Waals surface area contributed by atoms with Crippen LogP contribution in [0.5, 0.6) is 0 Å². The summed E-state index contributed by atoms with van der Waals surface area (Å²) in [5.74, 6) is -1.83. The van der Waals surface area contributed by atoms with Crippen molar-refractivity contribution in [2.45, 2.75) is 0 Å². The van der Waals surface area contributed by atoms with Gasteiger partial charge in [0, 0.05) is 0 Å². The molecule has 0 aliphatic carbocycles. The van der Waals surface area contributed by atoms with Crippen molar-refractivity contribution in [3.8, 4) is 0 Å². The minimum atomic E-state index is -1.07. The van der Waals surface area contributed by atoms with Gasteiger partial charge in [-0.3, -0.25) is 9.59 Å². The average molecular weight is 264 g/mol. The van der Waals surface area contributed by atoms with Gasteiger partial charge in [0.1, 0.15) is 6.54 Å². The van der Waals surface area contributed by atoms with E-state index in [0.717, 1.165) is 0 Å². The molecule has 0 saturated heterocycles. The highest BCUT2D eigenvalue weighted by atomic mass is 16.5. The minimum Gasteiger partial charge on any atom is -0.478 e. The van der Waals surface area contributed by atoms with Crippen LogP contribution in [0.2, 0.25) is 0 Å². The van der Waals surface area contributed by atoms with Crippen LogP contribution in [0.25, 0.3) is 0 Å². The number of nitrogens with zero attached hydrogens (tertiary/aromatic N) is 1. The summed E-state index contributed by atoms with van der Waals surface area (Å²) in [4.78, 5) is 35.2. The molecule has 0 radical (unpaired) electrons. The third kappa shape index (κ3) is 2.65. The zero-order valence-electron chi connectivity index (χ0n) is 10.2. The van der Waals surface area contributed by atoms with E-state index in [2.05, 4.69) is 10.1 Å². The van der Waals surface area contributed by atoms with E-state index in [1.807, 2.05) is 0 Å². The van der Waals surface area contributed by atoms with E-state index >= 15 is 0 Å². The molecule has 1 aliphatic rings. The molecule has 0 fully saturated rings. The van der Waals surface area contributed by atoms with E-state index in [4.69, 9.17) is 5.11 Å². The summed E-state index contributed by atoms with van der Waals surface area (Å²) in [6.07, 6.45) is 0. The molecule has 0 bridgehead atoms. The van der Waals surface area contributed by atoms with E-state index in [1.165, 1.54) is 30.2 Å². The summed E-state index contributed by atoms with van der Waals surface area (Å²) in [5, 5.41) is 11.6. The molecule has 0 saturated carbocycles. The number of carbonyl (C=O) groups is 3. The summed E-state index contributed by atoms with van der Waals surface area (Å²) in [5.41, 5.74) is 1.06. The van der Waals surface area contributed by atoms with Crippen molar-refractivity contribution in [1.29, 1.82) is 0 Å². The van der Waals surface area contributed by atoms with Crippen LogP contribution in [0.3, 0.4) is 0 Å². The highest BCUT2D eigenvalue weighted by Gasteiger charge is 2.25. The first-order valence-electron chi connectivity index (χ1n) is 5.50. The van der Waals surface area contributed by atoms with Crippen molar-refractivity contribution in [1.82, 2.24) is 0 Å². The smallest absolute Gasteiger partial charge is 0.335 e. The number of rotatable bonds is 3. The van der Waals surface area contributed by atoms with E-state index in [9.17, 15) is 14.4 Å². The third-order valence-electron chi connectivity index (χ3n) is 2.74. The Hall–Kier alpha value is -2.57. The van der Waals surface area contributed by atoms with Gasteiger partial charge in [-0.05, 0) is 18.2 Å². The number of hydrogen-bond donors (Lipinski definition) is 2. The van der Waals surface area contributed by atoms with Crippen molar-refractivity contribution in [2.75, 3.05) is 30.4 Å². The van der Waals surface area contributed by atoms with Gasteiger partial charge in [0.15, 0.2) is 0 Å². The summed E-state index contributed by atoms with van der Waals surface area (Å²) in [6, 6.07) is 4.31. The first kappa shape index (κ1) is 12.9. The number of fused-ring (bicyclic) bond motifs is 1. The molecule has 2 N–H and O–H groups in total. The molecule has 1 heterocycles. The predicted molar refractivity (Wildman–Crippen MR) is 66.3 cm³/mol. The number of hydrogen-bond acceptors (Lipinski definition) is 5. The number of ether oxygens (including phenoxy) is 1. The van der Waals surface area contributed by atoms with Gasteiger partial charge < -0.3 is 20.1 Å². The molecular weight excluding hydrogens is 252 g/mol. The standard InChI is InChI=1S/C12H12N2O5/c1-19-11(16)6-14-5-10(15)13-8-3-2-7(12(17)18)4-9(8)14/h2-4H,5-6H2,1H3,(H,13,15)(H,17,18). The highest BCUT2D eigenvalue weighted by Crippen LogP contribution is 2.30. The number of aromatic carboxylic acids is 1. The second-order valence-electron chi connectivity index (χ2n) is 4.02. The predicted octanol–water partition coefficient (Wildman–Crippen LogP) is 0.316. The number of esters is 1. The lowest BCUT2D eigenvalue weighted by atomic mass is 10.1. The number of carboxylic acids is 1. The molecule has 19 heavy (non-hydrogen) atoms. The van der Waals surface area contributed by atoms with Gasteiger partial charge in [-0.15, -0.1) is 0 Å². The molecule has 0 atom stereocenters. The Morgan fingerprint density at radius 2 is 2.21 bits per heavy atom. The number of anilines is 2. The lowest BCUT2D eigenvalue weighted by Gasteiger charge is -2.30. The van der Waals surface area contributed by atoms with Gasteiger partial charge in [-0.1, -0.05) is 0 Å². The van der Waals surface area contributed by atoms with Crippen LogP contribution in [0.4, 0.5) is 11.4 Å². The maximum Gasteiger partial charge on any atom is 0.335 e. The highest BCUT2D eigenvalue weighted by molar-refractivity contribution is 6.03. The minimum absolute atomic E-state index is 0.0226. The zero-order chi connectivity index (χ0) is 14.0. The largest absolute Gasteiger partial charge is 0.478 e. The van der Waals surface area contributed by atoms with Crippen molar-refractivity contribution < 1.29 is 24.2 Å². The average Bonchev–Trinajstić information content (AvgIpc) is 2.37. The first-order valence-corrected chi connectivity index (χ1v) is 5.50. The Bertz CT molecular complexity index is 555. The van der Waals surface area contributed by atoms with E-state index in [0.29, 0.717) is 11.4 Å². The summed E-state index contributed by atoms with van der Waals surface area (Å²) < 4.78 is 4.55. The summed E-state index contributed by atoms with van der Waals surface area (Å²) in [6.45, 7) is -0.134. The third-order valence-corrected chi connectivity index (χ3v) is 2.74. The van der Waals surface area contributed by atoms with Crippen LogP contribution in [-0.4, -0.2) is 43.2 Å². The van der Waals surface area contributed by atoms with Crippen molar-refractivity contribution in [3.63, 3.8) is 0 Å². The lowest BCUT2D eigenvalue weighted by molar-refractivity contribution is -0.138. The fraction of sp³-hybridized carbons (Fsp3) is 0.250. The Labute approximate surface area is 108 Å². The topological polar surface area (TPSA) is 95.9 Å². The number of methoxy groups -OCH3 is 1. The van der Waals surface area contributed by atoms with Gasteiger partial charge in [0.2, 0.25) is 5.91 Å². The monoisotopic (exact) mass is 264 g/mol. The maximum atomic E-state index is 11.5. The molecule has 7 heteroatoms. The van der Waals surface area contributed by atoms with Crippen LogP contribution < -0.4 is 10.2 Å². The number of carbonyl (C=O) groups excluding carboxylic acids is 2. The molecular formula is C12H12N2O5.